The average molecular weight is 623 g/mol. The number of nitrogens with one attached hydrogen (secondary N) is 1. The second-order valence-electron chi connectivity index (χ2n) is 14.2. The van der Waals surface area contributed by atoms with E-state index < -0.39 is 5.82 Å². The number of phenolic OH excluding ortho intramolecular Hbond substituents is 1. The summed E-state index contributed by atoms with van der Waals surface area (Å²) in [5.74, 6) is 2.95. The lowest BCUT2D eigenvalue weighted by Crippen LogP contribution is -2.51. The predicted octanol–water partition coefficient (Wildman–Crippen LogP) is 4.51. The van der Waals surface area contributed by atoms with Gasteiger partial charge in [-0.1, -0.05) is 12.0 Å². The van der Waals surface area contributed by atoms with Crippen LogP contribution in [0.2, 0.25) is 0 Å². The topological polar surface area (TPSA) is 95.8 Å². The van der Waals surface area contributed by atoms with E-state index in [0.717, 1.165) is 58.2 Å². The molecule has 4 aliphatic rings. The van der Waals surface area contributed by atoms with Crippen LogP contribution in [-0.4, -0.2) is 77.0 Å². The van der Waals surface area contributed by atoms with Gasteiger partial charge in [0.05, 0.1) is 23.4 Å². The van der Waals surface area contributed by atoms with Gasteiger partial charge in [0.1, 0.15) is 22.8 Å². The van der Waals surface area contributed by atoms with Crippen LogP contribution in [0.4, 0.5) is 10.2 Å². The minimum absolute atomic E-state index is 0.00177. The normalized spacial score (nSPS) is 21.7. The molecule has 2 saturated carbocycles. The van der Waals surface area contributed by atoms with Crippen molar-refractivity contribution in [3.8, 4) is 35.4 Å². The number of halogens is 1. The number of aromatic nitrogens is 3. The summed E-state index contributed by atoms with van der Waals surface area (Å²) >= 11 is 0. The number of terminal acetylenes is 1. The zero-order valence-electron chi connectivity index (χ0n) is 26.4. The maximum atomic E-state index is 15.1. The zero-order chi connectivity index (χ0) is 31.7. The Labute approximate surface area is 267 Å². The van der Waals surface area contributed by atoms with Crippen molar-refractivity contribution in [3.63, 3.8) is 0 Å². The Morgan fingerprint density at radius 1 is 1.11 bits per heavy atom. The van der Waals surface area contributed by atoms with Gasteiger partial charge in [-0.25, -0.2) is 4.39 Å². The lowest BCUT2D eigenvalue weighted by Gasteiger charge is -2.34. The van der Waals surface area contributed by atoms with Gasteiger partial charge in [-0.15, -0.1) is 6.42 Å². The molecule has 2 N–H and O–H groups in total. The highest BCUT2D eigenvalue weighted by atomic mass is 19.1. The van der Waals surface area contributed by atoms with Crippen molar-refractivity contribution in [1.29, 1.82) is 0 Å². The minimum Gasteiger partial charge on any atom is -0.508 e. The molecule has 4 fully saturated rings. The summed E-state index contributed by atoms with van der Waals surface area (Å²) in [5.41, 5.74) is 1.46. The van der Waals surface area contributed by atoms with Gasteiger partial charge in [0.15, 0.2) is 0 Å². The highest BCUT2D eigenvalue weighted by Crippen LogP contribution is 2.46. The third-order valence-corrected chi connectivity index (χ3v) is 10.2. The zero-order valence-corrected chi connectivity index (χ0v) is 26.4. The summed E-state index contributed by atoms with van der Waals surface area (Å²) in [5, 5.41) is 16.0. The summed E-state index contributed by atoms with van der Waals surface area (Å²) in [6, 6.07) is 8.85. The molecule has 0 amide bonds. The number of nitrogens with zero attached hydrogens (tertiary/aromatic N) is 5. The van der Waals surface area contributed by atoms with Crippen molar-refractivity contribution in [2.24, 2.45) is 11.3 Å². The molecule has 8 rings (SSSR count). The Bertz CT molecular complexity index is 1960. The molecule has 10 heteroatoms. The molecule has 0 spiro atoms. The predicted molar refractivity (Wildman–Crippen MR) is 177 cm³/mol. The first-order valence-corrected chi connectivity index (χ1v) is 16.4. The van der Waals surface area contributed by atoms with E-state index in [2.05, 4.69) is 35.1 Å². The van der Waals surface area contributed by atoms with Crippen LogP contribution in [0.3, 0.4) is 0 Å². The third kappa shape index (κ3) is 5.25. The average Bonchev–Trinajstić information content (AvgIpc) is 3.96. The second-order valence-corrected chi connectivity index (χ2v) is 14.2. The Morgan fingerprint density at radius 3 is 2.54 bits per heavy atom. The van der Waals surface area contributed by atoms with Crippen molar-refractivity contribution in [3.05, 3.63) is 52.1 Å². The molecule has 2 unspecified atom stereocenters. The summed E-state index contributed by atoms with van der Waals surface area (Å²) in [6.07, 6.45) is 12.2. The molecule has 46 heavy (non-hydrogen) atoms. The Balaban J connectivity index is 1.34. The number of rotatable bonds is 9. The van der Waals surface area contributed by atoms with Gasteiger partial charge >= 0.3 is 6.01 Å². The number of hydrogen-bond donors (Lipinski definition) is 2. The number of phenols is 1. The quantitative estimate of drug-likeness (QED) is 0.264. The maximum Gasteiger partial charge on any atom is 0.318 e. The van der Waals surface area contributed by atoms with Crippen LogP contribution in [0.15, 0.2) is 35.1 Å². The van der Waals surface area contributed by atoms with Crippen molar-refractivity contribution in [2.45, 2.75) is 57.2 Å². The third-order valence-electron chi connectivity index (χ3n) is 10.2. The Kier molecular flexibility index (Phi) is 6.96. The number of benzene rings is 2. The van der Waals surface area contributed by atoms with E-state index in [9.17, 15) is 9.90 Å². The molecule has 0 radical (unpaired) electrons. The van der Waals surface area contributed by atoms with Gasteiger partial charge in [-0.3, -0.25) is 4.79 Å². The highest BCUT2D eigenvalue weighted by molar-refractivity contribution is 6.03. The van der Waals surface area contributed by atoms with E-state index in [-0.39, 0.29) is 28.3 Å². The summed E-state index contributed by atoms with van der Waals surface area (Å²) in [6.45, 7) is 3.41. The summed E-state index contributed by atoms with van der Waals surface area (Å²) < 4.78 is 23.2. The Morgan fingerprint density at radius 2 is 1.87 bits per heavy atom. The van der Waals surface area contributed by atoms with Crippen LogP contribution >= 0.6 is 0 Å². The smallest absolute Gasteiger partial charge is 0.318 e. The molecule has 4 heterocycles. The van der Waals surface area contributed by atoms with Crippen molar-refractivity contribution in [1.82, 2.24) is 24.8 Å². The number of pyridine rings is 1. The van der Waals surface area contributed by atoms with E-state index >= 15 is 4.39 Å². The van der Waals surface area contributed by atoms with Crippen LogP contribution in [0.1, 0.15) is 44.1 Å². The summed E-state index contributed by atoms with van der Waals surface area (Å²) in [4.78, 5) is 29.0. The molecule has 9 nitrogen and oxygen atoms in total. The van der Waals surface area contributed by atoms with E-state index in [1.807, 2.05) is 6.07 Å². The standard InChI is InChI=1S/C36H39FN6O3/c1-4-26-28(37)10-7-22-13-25(44)14-27(31(22)26)30-15-29-32(34(45)43(30)16-21-5-6-21)33(42-17-23-8-9-24(18-42)38-23)40-35(39-29)46-20-36(11-12-36)19-41(2)3/h1,7,10,13-15,21,23-24,38,44H,5-6,8-9,11-12,16-20H2,2-3H3. The maximum absolute atomic E-state index is 15.1. The lowest BCUT2D eigenvalue weighted by molar-refractivity contribution is 0.183. The van der Waals surface area contributed by atoms with Gasteiger partial charge in [0.2, 0.25) is 0 Å². The van der Waals surface area contributed by atoms with Crippen LogP contribution in [0.5, 0.6) is 11.8 Å². The largest absolute Gasteiger partial charge is 0.508 e. The number of hydrogen-bond acceptors (Lipinski definition) is 8. The number of anilines is 1. The van der Waals surface area contributed by atoms with E-state index in [0.29, 0.717) is 69.9 Å². The second kappa shape index (κ2) is 11.0. The molecule has 238 valence electrons. The fourth-order valence-electron chi connectivity index (χ4n) is 7.61. The Hall–Kier alpha value is -4.20. The lowest BCUT2D eigenvalue weighted by atomic mass is 9.95. The van der Waals surface area contributed by atoms with Crippen LogP contribution in [-0.2, 0) is 6.54 Å². The van der Waals surface area contributed by atoms with Crippen LogP contribution < -0.4 is 20.5 Å². The molecular formula is C36H39FN6O3. The van der Waals surface area contributed by atoms with E-state index in [4.69, 9.17) is 21.1 Å². The van der Waals surface area contributed by atoms with Gasteiger partial charge in [0.25, 0.3) is 5.56 Å². The van der Waals surface area contributed by atoms with Crippen LogP contribution in [0.25, 0.3) is 32.9 Å². The van der Waals surface area contributed by atoms with Gasteiger partial charge in [-0.05, 0) is 88.2 Å². The molecule has 2 aliphatic heterocycles. The van der Waals surface area contributed by atoms with Gasteiger partial charge in [-0.2, -0.15) is 9.97 Å². The molecule has 2 atom stereocenters. The minimum atomic E-state index is -0.529. The molecule has 2 aromatic heterocycles. The van der Waals surface area contributed by atoms with Crippen molar-refractivity contribution >= 4 is 27.5 Å². The number of aromatic hydroxyl groups is 1. The summed E-state index contributed by atoms with van der Waals surface area (Å²) in [7, 11) is 4.14. The molecule has 2 saturated heterocycles. The molecule has 2 aromatic carbocycles. The molecule has 2 aliphatic carbocycles. The first kappa shape index (κ1) is 29.2. The number of ether oxygens (including phenoxy) is 1. The fourth-order valence-corrected chi connectivity index (χ4v) is 7.61. The monoisotopic (exact) mass is 622 g/mol. The van der Waals surface area contributed by atoms with Gasteiger partial charge in [0, 0.05) is 54.6 Å². The SMILES string of the molecule is C#Cc1c(F)ccc2cc(O)cc(-c3cc4nc(OCC5(CN(C)C)CC5)nc(N5CC6CCC(C5)N6)c4c(=O)n3CC3CC3)c12. The van der Waals surface area contributed by atoms with Gasteiger partial charge < -0.3 is 29.5 Å². The van der Waals surface area contributed by atoms with Crippen molar-refractivity contribution < 1.29 is 14.2 Å². The molecule has 2 bridgehead atoms. The number of fused-ring (bicyclic) bond motifs is 4. The number of piperazine rings is 1. The molecular weight excluding hydrogens is 583 g/mol. The molecule has 4 aromatic rings. The first-order chi connectivity index (χ1) is 22.2. The fraction of sp³-hybridized carbons (Fsp3) is 0.472. The van der Waals surface area contributed by atoms with Crippen LogP contribution in [0, 0.1) is 29.5 Å². The van der Waals surface area contributed by atoms with E-state index in [1.165, 1.54) is 6.07 Å². The van der Waals surface area contributed by atoms with E-state index in [1.54, 1.807) is 22.8 Å². The highest BCUT2D eigenvalue weighted by Gasteiger charge is 2.44. The first-order valence-electron chi connectivity index (χ1n) is 16.4. The van der Waals surface area contributed by atoms with Crippen molar-refractivity contribution in [2.75, 3.05) is 45.2 Å².